The topological polar surface area (TPSA) is 71.1 Å². The van der Waals surface area contributed by atoms with E-state index in [1.54, 1.807) is 19.0 Å². The van der Waals surface area contributed by atoms with Gasteiger partial charge >= 0.3 is 6.09 Å². The summed E-state index contributed by atoms with van der Waals surface area (Å²) in [6.07, 6.45) is 1.89. The molecule has 2 rings (SSSR count). The summed E-state index contributed by atoms with van der Waals surface area (Å²) in [6, 6.07) is 7.86. The van der Waals surface area contributed by atoms with Crippen molar-refractivity contribution in [2.45, 2.75) is 51.7 Å². The maximum Gasteiger partial charge on any atom is 0.407 e. The lowest BCUT2D eigenvalue weighted by atomic mass is 10.1. The van der Waals surface area contributed by atoms with Crippen LogP contribution >= 0.6 is 0 Å². The number of rotatable bonds is 7. The van der Waals surface area contributed by atoms with Gasteiger partial charge < -0.3 is 19.7 Å². The highest BCUT2D eigenvalue weighted by atomic mass is 16.6. The van der Waals surface area contributed by atoms with Gasteiger partial charge in [-0.15, -0.1) is 0 Å². The summed E-state index contributed by atoms with van der Waals surface area (Å²) in [5.41, 5.74) is 0.512. The molecule has 29 heavy (non-hydrogen) atoms. The van der Waals surface area contributed by atoms with Gasteiger partial charge in [-0.1, -0.05) is 12.1 Å². The van der Waals surface area contributed by atoms with Crippen LogP contribution in [0.5, 0.6) is 5.75 Å². The Hall–Kier alpha value is -2.28. The fraction of sp³-hybridized carbons (Fsp3) is 0.636. The average Bonchev–Trinajstić information content (AvgIpc) is 2.63. The Kier molecular flexibility index (Phi) is 8.32. The number of alkyl carbamates (subject to hydrolysis) is 1. The van der Waals surface area contributed by atoms with E-state index in [2.05, 4.69) is 10.2 Å². The molecule has 0 unspecified atom stereocenters. The van der Waals surface area contributed by atoms with Crippen LogP contribution in [0.4, 0.5) is 4.79 Å². The van der Waals surface area contributed by atoms with E-state index in [9.17, 15) is 9.59 Å². The van der Waals surface area contributed by atoms with Gasteiger partial charge in [0.05, 0.1) is 6.42 Å². The summed E-state index contributed by atoms with van der Waals surface area (Å²) in [5.74, 6) is 0.899. The maximum atomic E-state index is 11.9. The van der Waals surface area contributed by atoms with Crippen LogP contribution in [0.15, 0.2) is 24.3 Å². The van der Waals surface area contributed by atoms with Crippen LogP contribution in [0.2, 0.25) is 0 Å². The Bertz CT molecular complexity index is 660. The molecule has 0 atom stereocenters. The van der Waals surface area contributed by atoms with Gasteiger partial charge in [-0.2, -0.15) is 0 Å². The number of hydrogen-bond donors (Lipinski definition) is 1. The molecule has 0 spiro atoms. The van der Waals surface area contributed by atoms with E-state index in [0.29, 0.717) is 13.0 Å². The first-order chi connectivity index (χ1) is 13.6. The maximum absolute atomic E-state index is 11.9. The number of carbonyl (C=O) groups is 2. The van der Waals surface area contributed by atoms with Crippen LogP contribution in [0, 0.1) is 0 Å². The smallest absolute Gasteiger partial charge is 0.407 e. The number of nitrogens with one attached hydrogen (secondary N) is 1. The van der Waals surface area contributed by atoms with Gasteiger partial charge in [-0.05, 0) is 51.3 Å². The third-order valence-electron chi connectivity index (χ3n) is 4.76. The molecule has 162 valence electrons. The molecule has 1 saturated heterocycles. The van der Waals surface area contributed by atoms with E-state index < -0.39 is 5.60 Å². The summed E-state index contributed by atoms with van der Waals surface area (Å²) in [5, 5.41) is 2.96. The monoisotopic (exact) mass is 405 g/mol. The molecular formula is C22H35N3O4. The van der Waals surface area contributed by atoms with Gasteiger partial charge in [-0.25, -0.2) is 4.79 Å². The summed E-state index contributed by atoms with van der Waals surface area (Å²) in [7, 11) is 3.52. The first-order valence-corrected chi connectivity index (χ1v) is 10.3. The molecule has 1 heterocycles. The predicted octanol–water partition coefficient (Wildman–Crippen LogP) is 2.69. The predicted molar refractivity (Wildman–Crippen MR) is 113 cm³/mol. The molecule has 0 saturated carbocycles. The van der Waals surface area contributed by atoms with E-state index in [1.807, 2.05) is 45.0 Å². The minimum atomic E-state index is -0.470. The lowest BCUT2D eigenvalue weighted by Gasteiger charge is -2.32. The van der Waals surface area contributed by atoms with Crippen molar-refractivity contribution in [3.63, 3.8) is 0 Å². The average molecular weight is 406 g/mol. The number of piperidine rings is 1. The zero-order valence-electron chi connectivity index (χ0n) is 18.4. The molecule has 7 heteroatoms. The van der Waals surface area contributed by atoms with E-state index in [1.165, 1.54) is 0 Å². The second-order valence-corrected chi connectivity index (χ2v) is 8.72. The number of benzene rings is 1. The summed E-state index contributed by atoms with van der Waals surface area (Å²) >= 11 is 0. The fourth-order valence-corrected chi connectivity index (χ4v) is 3.10. The zero-order valence-corrected chi connectivity index (χ0v) is 18.4. The van der Waals surface area contributed by atoms with Gasteiger partial charge in [-0.3, -0.25) is 9.69 Å². The summed E-state index contributed by atoms with van der Waals surface area (Å²) in [4.78, 5) is 27.6. The van der Waals surface area contributed by atoms with Crippen LogP contribution in [0.1, 0.15) is 39.2 Å². The summed E-state index contributed by atoms with van der Waals surface area (Å²) < 4.78 is 11.2. The van der Waals surface area contributed by atoms with Gasteiger partial charge in [0.15, 0.2) is 0 Å². The molecule has 0 bridgehead atoms. The number of hydrogen-bond acceptors (Lipinski definition) is 5. The Morgan fingerprint density at radius 3 is 2.31 bits per heavy atom. The SMILES string of the molecule is CN(C)C(=O)Cc1ccc(OCCN2CCC(NC(=O)OC(C)(C)C)CC2)cc1. The van der Waals surface area contributed by atoms with Gasteiger partial charge in [0.2, 0.25) is 5.91 Å². The molecule has 0 aliphatic carbocycles. The molecule has 0 aromatic heterocycles. The summed E-state index contributed by atoms with van der Waals surface area (Å²) in [6.45, 7) is 8.91. The number of amides is 2. The Morgan fingerprint density at radius 1 is 1.14 bits per heavy atom. The van der Waals surface area contributed by atoms with Gasteiger partial charge in [0, 0.05) is 39.8 Å². The molecule has 1 aromatic carbocycles. The first-order valence-electron chi connectivity index (χ1n) is 10.3. The van der Waals surface area contributed by atoms with Crippen molar-refractivity contribution in [1.29, 1.82) is 0 Å². The highest BCUT2D eigenvalue weighted by molar-refractivity contribution is 5.78. The van der Waals surface area contributed by atoms with E-state index in [-0.39, 0.29) is 18.0 Å². The Labute approximate surface area is 174 Å². The second kappa shape index (κ2) is 10.5. The molecule has 7 nitrogen and oxygen atoms in total. The molecule has 1 fully saturated rings. The highest BCUT2D eigenvalue weighted by Crippen LogP contribution is 2.15. The van der Waals surface area contributed by atoms with Crippen molar-refractivity contribution >= 4 is 12.0 Å². The number of carbonyl (C=O) groups excluding carboxylic acids is 2. The molecule has 1 aliphatic rings. The molecule has 1 aliphatic heterocycles. The standard InChI is InChI=1S/C22H35N3O4/c1-22(2,3)29-21(27)23-18-10-12-25(13-11-18)14-15-28-19-8-6-17(7-9-19)16-20(26)24(4)5/h6-9,18H,10-16H2,1-5H3,(H,23,27). The second-order valence-electron chi connectivity index (χ2n) is 8.72. The molecule has 0 radical (unpaired) electrons. The van der Waals surface area contributed by atoms with Crippen molar-refractivity contribution in [1.82, 2.24) is 15.1 Å². The molecule has 2 amide bonds. The van der Waals surface area contributed by atoms with Crippen LogP contribution in [-0.2, 0) is 16.0 Å². The number of ether oxygens (including phenoxy) is 2. The lowest BCUT2D eigenvalue weighted by molar-refractivity contribution is -0.127. The van der Waals surface area contributed by atoms with Crippen LogP contribution in [0.3, 0.4) is 0 Å². The van der Waals surface area contributed by atoms with Crippen molar-refractivity contribution in [2.24, 2.45) is 0 Å². The third-order valence-corrected chi connectivity index (χ3v) is 4.76. The minimum absolute atomic E-state index is 0.0863. The molecule has 1 N–H and O–H groups in total. The van der Waals surface area contributed by atoms with E-state index in [4.69, 9.17) is 9.47 Å². The quantitative estimate of drug-likeness (QED) is 0.755. The lowest BCUT2D eigenvalue weighted by Crippen LogP contribution is -2.46. The fourth-order valence-electron chi connectivity index (χ4n) is 3.10. The van der Waals surface area contributed by atoms with E-state index in [0.717, 1.165) is 43.8 Å². The third kappa shape index (κ3) is 8.73. The zero-order chi connectivity index (χ0) is 21.4. The van der Waals surface area contributed by atoms with Crippen molar-refractivity contribution in [2.75, 3.05) is 40.3 Å². The van der Waals surface area contributed by atoms with Crippen molar-refractivity contribution in [3.8, 4) is 5.75 Å². The van der Waals surface area contributed by atoms with Gasteiger partial charge in [0.25, 0.3) is 0 Å². The van der Waals surface area contributed by atoms with E-state index >= 15 is 0 Å². The Balaban J connectivity index is 1.64. The molecule has 1 aromatic rings. The van der Waals surface area contributed by atoms with Crippen LogP contribution in [0.25, 0.3) is 0 Å². The van der Waals surface area contributed by atoms with Crippen molar-refractivity contribution < 1.29 is 19.1 Å². The normalized spacial score (nSPS) is 15.6. The highest BCUT2D eigenvalue weighted by Gasteiger charge is 2.23. The van der Waals surface area contributed by atoms with Gasteiger partial charge in [0.1, 0.15) is 18.0 Å². The number of likely N-dealkylation sites (tertiary alicyclic amines) is 1. The molecular weight excluding hydrogens is 370 g/mol. The largest absolute Gasteiger partial charge is 0.492 e. The number of likely N-dealkylation sites (N-methyl/N-ethyl adjacent to an activating group) is 1. The minimum Gasteiger partial charge on any atom is -0.492 e. The Morgan fingerprint density at radius 2 is 1.76 bits per heavy atom. The first kappa shape index (κ1) is 23.0. The van der Waals surface area contributed by atoms with Crippen molar-refractivity contribution in [3.05, 3.63) is 29.8 Å². The van der Waals surface area contributed by atoms with Crippen LogP contribution < -0.4 is 10.1 Å². The van der Waals surface area contributed by atoms with Crippen LogP contribution in [-0.4, -0.2) is 73.8 Å². The number of nitrogens with zero attached hydrogens (tertiary/aromatic N) is 2.